The number of benzene rings is 2. The van der Waals surface area contributed by atoms with Gasteiger partial charge in [0.25, 0.3) is 0 Å². The van der Waals surface area contributed by atoms with E-state index in [-0.39, 0.29) is 0 Å². The average Bonchev–Trinajstić information content (AvgIpc) is 3.14. The molecule has 1 saturated heterocycles. The number of likely N-dealkylation sites (tertiary alicyclic amines) is 1. The lowest BCUT2D eigenvalue weighted by Crippen LogP contribution is -2.37. The number of aryl methyl sites for hydroxylation is 2. The molecule has 33 heavy (non-hydrogen) atoms. The first-order valence-electron chi connectivity index (χ1n) is 11.8. The molecule has 0 radical (unpaired) electrons. The molecule has 1 unspecified atom stereocenters. The molecule has 176 valence electrons. The van der Waals surface area contributed by atoms with E-state index in [0.717, 1.165) is 56.1 Å². The van der Waals surface area contributed by atoms with Crippen LogP contribution in [0, 0.1) is 13.8 Å². The van der Waals surface area contributed by atoms with Crippen LogP contribution in [0.2, 0.25) is 0 Å². The Bertz CT molecular complexity index is 1000. The van der Waals surface area contributed by atoms with Crippen molar-refractivity contribution in [1.29, 1.82) is 0 Å². The number of ether oxygens (including phenoxy) is 2. The van der Waals surface area contributed by atoms with Gasteiger partial charge in [0.15, 0.2) is 0 Å². The van der Waals surface area contributed by atoms with Crippen molar-refractivity contribution in [3.8, 4) is 11.5 Å². The smallest absolute Gasteiger partial charge is 0.119 e. The summed E-state index contributed by atoms with van der Waals surface area (Å²) in [5, 5.41) is 15.4. The summed E-state index contributed by atoms with van der Waals surface area (Å²) < 4.78 is 13.7. The molecule has 1 atom stereocenters. The third-order valence-corrected chi connectivity index (χ3v) is 6.22. The molecule has 0 spiro atoms. The normalized spacial score (nSPS) is 19.2. The predicted molar refractivity (Wildman–Crippen MR) is 130 cm³/mol. The molecule has 1 aromatic heterocycles. The Morgan fingerprint density at radius 2 is 1.64 bits per heavy atom. The molecular formula is C27H35N3O3. The minimum Gasteiger partial charge on any atom is -0.492 e. The van der Waals surface area contributed by atoms with Crippen LogP contribution in [0.3, 0.4) is 0 Å². The monoisotopic (exact) mass is 449 g/mol. The van der Waals surface area contributed by atoms with Gasteiger partial charge in [0.05, 0.1) is 18.3 Å². The van der Waals surface area contributed by atoms with E-state index in [0.29, 0.717) is 19.6 Å². The third kappa shape index (κ3) is 7.07. The van der Waals surface area contributed by atoms with Crippen molar-refractivity contribution in [3.63, 3.8) is 0 Å². The van der Waals surface area contributed by atoms with Crippen molar-refractivity contribution in [2.24, 2.45) is 0 Å². The molecule has 6 nitrogen and oxygen atoms in total. The van der Waals surface area contributed by atoms with E-state index >= 15 is 0 Å². The van der Waals surface area contributed by atoms with Gasteiger partial charge in [0.2, 0.25) is 0 Å². The van der Waals surface area contributed by atoms with Gasteiger partial charge in [0.1, 0.15) is 24.7 Å². The Morgan fingerprint density at radius 1 is 0.909 bits per heavy atom. The van der Waals surface area contributed by atoms with Crippen LogP contribution in [-0.2, 0) is 13.1 Å². The maximum Gasteiger partial charge on any atom is 0.119 e. The van der Waals surface area contributed by atoms with Gasteiger partial charge >= 0.3 is 0 Å². The van der Waals surface area contributed by atoms with Crippen LogP contribution in [-0.4, -0.2) is 51.7 Å². The van der Waals surface area contributed by atoms with Crippen molar-refractivity contribution >= 4 is 0 Å². The van der Waals surface area contributed by atoms with Gasteiger partial charge in [-0.1, -0.05) is 29.8 Å². The second-order valence-corrected chi connectivity index (χ2v) is 9.23. The molecule has 2 heterocycles. The Kier molecular flexibility index (Phi) is 7.68. The lowest BCUT2D eigenvalue weighted by Gasteiger charge is -2.27. The summed E-state index contributed by atoms with van der Waals surface area (Å²) in [5.41, 5.74) is 2.84. The van der Waals surface area contributed by atoms with Crippen LogP contribution >= 0.6 is 0 Å². The Morgan fingerprint density at radius 3 is 2.36 bits per heavy atom. The van der Waals surface area contributed by atoms with E-state index in [4.69, 9.17) is 9.47 Å². The summed E-state index contributed by atoms with van der Waals surface area (Å²) in [6.45, 7) is 8.48. The highest BCUT2D eigenvalue weighted by Gasteiger charge is 2.31. The minimum atomic E-state index is -0.773. The zero-order valence-corrected chi connectivity index (χ0v) is 19.7. The second-order valence-electron chi connectivity index (χ2n) is 9.23. The first-order valence-corrected chi connectivity index (χ1v) is 11.8. The molecule has 1 aliphatic heterocycles. The highest BCUT2D eigenvalue weighted by atomic mass is 16.5. The number of rotatable bonds is 9. The summed E-state index contributed by atoms with van der Waals surface area (Å²) >= 11 is 0. The van der Waals surface area contributed by atoms with E-state index < -0.39 is 5.60 Å². The molecular weight excluding hydrogens is 414 g/mol. The fourth-order valence-corrected chi connectivity index (χ4v) is 4.18. The fourth-order valence-electron chi connectivity index (χ4n) is 4.18. The van der Waals surface area contributed by atoms with Crippen LogP contribution in [0.4, 0.5) is 0 Å². The van der Waals surface area contributed by atoms with Crippen LogP contribution in [0.5, 0.6) is 11.5 Å². The SMILES string of the molecule is Cc1ccc(OCC2(O)CCCN(Cc3ccc(OCCn4cc(C)cn4)cc3)CC2)cc1. The molecule has 4 rings (SSSR count). The number of hydrogen-bond acceptors (Lipinski definition) is 5. The zero-order chi connectivity index (χ0) is 23.1. The number of aromatic nitrogens is 2. The minimum absolute atomic E-state index is 0.341. The molecule has 2 aromatic carbocycles. The first-order chi connectivity index (χ1) is 16.0. The van der Waals surface area contributed by atoms with Gasteiger partial charge in [-0.3, -0.25) is 9.58 Å². The lowest BCUT2D eigenvalue weighted by molar-refractivity contribution is -0.0168. The molecule has 0 saturated carbocycles. The number of nitrogens with zero attached hydrogens (tertiary/aromatic N) is 3. The summed E-state index contributed by atoms with van der Waals surface area (Å²) in [6, 6.07) is 16.3. The Labute approximate surface area is 196 Å². The molecule has 6 heteroatoms. The van der Waals surface area contributed by atoms with Gasteiger partial charge in [-0.2, -0.15) is 5.10 Å². The number of hydrogen-bond donors (Lipinski definition) is 1. The van der Waals surface area contributed by atoms with Gasteiger partial charge in [-0.05, 0) is 75.0 Å². The summed E-state index contributed by atoms with van der Waals surface area (Å²) in [5.74, 6) is 1.69. The van der Waals surface area contributed by atoms with Crippen LogP contribution in [0.25, 0.3) is 0 Å². The van der Waals surface area contributed by atoms with E-state index in [9.17, 15) is 5.11 Å². The average molecular weight is 450 g/mol. The van der Waals surface area contributed by atoms with Crippen molar-refractivity contribution in [2.45, 2.75) is 51.8 Å². The lowest BCUT2D eigenvalue weighted by atomic mass is 9.96. The summed E-state index contributed by atoms with van der Waals surface area (Å²) in [4.78, 5) is 2.42. The van der Waals surface area contributed by atoms with E-state index in [1.54, 1.807) is 0 Å². The van der Waals surface area contributed by atoms with Gasteiger partial charge < -0.3 is 14.6 Å². The highest BCUT2D eigenvalue weighted by molar-refractivity contribution is 5.27. The van der Waals surface area contributed by atoms with Crippen LogP contribution in [0.1, 0.15) is 36.0 Å². The van der Waals surface area contributed by atoms with Crippen molar-refractivity contribution in [1.82, 2.24) is 14.7 Å². The molecule has 0 amide bonds. The van der Waals surface area contributed by atoms with Gasteiger partial charge in [0, 0.05) is 19.3 Å². The fraction of sp³-hybridized carbons (Fsp3) is 0.444. The predicted octanol–water partition coefficient (Wildman–Crippen LogP) is 4.37. The maximum atomic E-state index is 11.1. The van der Waals surface area contributed by atoms with Crippen molar-refractivity contribution in [3.05, 3.63) is 77.6 Å². The van der Waals surface area contributed by atoms with Crippen LogP contribution in [0.15, 0.2) is 60.9 Å². The third-order valence-electron chi connectivity index (χ3n) is 6.22. The molecule has 0 aliphatic carbocycles. The molecule has 3 aromatic rings. The molecule has 1 N–H and O–H groups in total. The van der Waals surface area contributed by atoms with E-state index in [1.807, 2.05) is 60.4 Å². The highest BCUT2D eigenvalue weighted by Crippen LogP contribution is 2.25. The van der Waals surface area contributed by atoms with E-state index in [1.165, 1.54) is 11.1 Å². The van der Waals surface area contributed by atoms with Crippen molar-refractivity contribution in [2.75, 3.05) is 26.3 Å². The molecule has 1 aliphatic rings. The Hall–Kier alpha value is -2.83. The largest absolute Gasteiger partial charge is 0.492 e. The standard InChI is InChI=1S/C27H35N3O3/c1-22-4-8-26(9-5-22)33-21-27(31)12-3-14-29(15-13-27)20-24-6-10-25(11-7-24)32-17-16-30-19-23(2)18-28-30/h4-11,18-19,31H,3,12-17,20-21H2,1-2H3. The van der Waals surface area contributed by atoms with Crippen LogP contribution < -0.4 is 9.47 Å². The Balaban J connectivity index is 1.21. The quantitative estimate of drug-likeness (QED) is 0.526. The van der Waals surface area contributed by atoms with Gasteiger partial charge in [-0.15, -0.1) is 0 Å². The summed E-state index contributed by atoms with van der Waals surface area (Å²) in [7, 11) is 0. The number of aliphatic hydroxyl groups is 1. The van der Waals surface area contributed by atoms with Gasteiger partial charge in [-0.25, -0.2) is 0 Å². The molecule has 0 bridgehead atoms. The zero-order valence-electron chi connectivity index (χ0n) is 19.7. The topological polar surface area (TPSA) is 59.8 Å². The summed E-state index contributed by atoms with van der Waals surface area (Å²) in [6.07, 6.45) is 6.31. The second kappa shape index (κ2) is 10.9. The van der Waals surface area contributed by atoms with E-state index in [2.05, 4.69) is 29.1 Å². The first kappa shape index (κ1) is 23.3. The molecule has 1 fully saturated rings. The van der Waals surface area contributed by atoms with Crippen molar-refractivity contribution < 1.29 is 14.6 Å². The maximum absolute atomic E-state index is 11.1.